The standard InChI is InChI=1S/C15H17ClN4O/c16-11-4-13-5-17-14(9-20(13)7-11)15(21)18-12-3-10-1-2-19(6-10)8-12/h4-5,7,9-10,12H,1-3,6,8H2,(H,18,21)/t10-,12-/m1/s1. The maximum atomic E-state index is 12.4. The zero-order chi connectivity index (χ0) is 14.4. The second-order valence-electron chi connectivity index (χ2n) is 6.08. The number of amides is 1. The van der Waals surface area contributed by atoms with E-state index in [1.165, 1.54) is 19.5 Å². The first-order valence-electron chi connectivity index (χ1n) is 7.34. The fraction of sp³-hybridized carbons (Fsp3) is 0.467. The lowest BCUT2D eigenvalue weighted by Gasteiger charge is -2.30. The molecule has 5 nitrogen and oxygen atoms in total. The van der Waals surface area contributed by atoms with Crippen molar-refractivity contribution in [2.75, 3.05) is 19.6 Å². The fourth-order valence-corrected chi connectivity index (χ4v) is 3.73. The van der Waals surface area contributed by atoms with Crippen LogP contribution in [0.3, 0.4) is 0 Å². The molecule has 2 aromatic rings. The molecule has 0 spiro atoms. The van der Waals surface area contributed by atoms with Crippen molar-refractivity contribution in [2.24, 2.45) is 5.92 Å². The number of carbonyl (C=O) groups is 1. The first kappa shape index (κ1) is 13.1. The molecule has 1 unspecified atom stereocenters. The number of nitrogens with one attached hydrogen (secondary N) is 1. The molecule has 4 heterocycles. The molecule has 0 aliphatic carbocycles. The van der Waals surface area contributed by atoms with Gasteiger partial charge >= 0.3 is 0 Å². The minimum atomic E-state index is -0.103. The lowest BCUT2D eigenvalue weighted by molar-refractivity contribution is 0.0904. The molecule has 0 aromatic carbocycles. The second-order valence-corrected chi connectivity index (χ2v) is 6.52. The summed E-state index contributed by atoms with van der Waals surface area (Å²) in [5, 5.41) is 3.76. The van der Waals surface area contributed by atoms with Crippen LogP contribution in [0.25, 0.3) is 5.52 Å². The van der Waals surface area contributed by atoms with Crippen LogP contribution in [0.2, 0.25) is 5.02 Å². The summed E-state index contributed by atoms with van der Waals surface area (Å²) < 4.78 is 1.83. The highest BCUT2D eigenvalue weighted by Gasteiger charge is 2.33. The Morgan fingerprint density at radius 3 is 3.14 bits per heavy atom. The monoisotopic (exact) mass is 304 g/mol. The summed E-state index contributed by atoms with van der Waals surface area (Å²) in [4.78, 5) is 19.0. The lowest BCUT2D eigenvalue weighted by atomic mass is 9.97. The third-order valence-corrected chi connectivity index (χ3v) is 4.68. The third-order valence-electron chi connectivity index (χ3n) is 4.48. The Morgan fingerprint density at radius 2 is 2.29 bits per heavy atom. The summed E-state index contributed by atoms with van der Waals surface area (Å²) in [6.45, 7) is 3.32. The number of halogens is 1. The molecular formula is C15H17ClN4O. The van der Waals surface area contributed by atoms with Crippen LogP contribution in [0.1, 0.15) is 23.3 Å². The van der Waals surface area contributed by atoms with E-state index in [0.717, 1.165) is 24.4 Å². The van der Waals surface area contributed by atoms with Gasteiger partial charge in [-0.25, -0.2) is 4.98 Å². The molecular weight excluding hydrogens is 288 g/mol. The second kappa shape index (κ2) is 5.00. The number of piperidine rings is 1. The zero-order valence-corrected chi connectivity index (χ0v) is 12.4. The summed E-state index contributed by atoms with van der Waals surface area (Å²) >= 11 is 5.95. The van der Waals surface area contributed by atoms with Crippen molar-refractivity contribution in [3.63, 3.8) is 0 Å². The molecule has 2 aliphatic heterocycles. The fourth-order valence-electron chi connectivity index (χ4n) is 3.52. The predicted molar refractivity (Wildman–Crippen MR) is 80.6 cm³/mol. The minimum absolute atomic E-state index is 0.103. The minimum Gasteiger partial charge on any atom is -0.347 e. The molecule has 3 atom stereocenters. The van der Waals surface area contributed by atoms with Crippen LogP contribution < -0.4 is 5.32 Å². The Kier molecular flexibility index (Phi) is 3.12. The van der Waals surface area contributed by atoms with Crippen molar-refractivity contribution in [3.05, 3.63) is 35.4 Å². The van der Waals surface area contributed by atoms with Crippen LogP contribution >= 0.6 is 11.6 Å². The van der Waals surface area contributed by atoms with Crippen molar-refractivity contribution in [1.29, 1.82) is 0 Å². The average Bonchev–Trinajstić information content (AvgIpc) is 2.99. The van der Waals surface area contributed by atoms with E-state index in [0.29, 0.717) is 10.7 Å². The molecule has 1 N–H and O–H groups in total. The van der Waals surface area contributed by atoms with Gasteiger partial charge in [0.15, 0.2) is 0 Å². The summed E-state index contributed by atoms with van der Waals surface area (Å²) in [5.74, 6) is 0.636. The summed E-state index contributed by atoms with van der Waals surface area (Å²) in [5.41, 5.74) is 1.32. The highest BCUT2D eigenvalue weighted by Crippen LogP contribution is 2.26. The number of hydrogen-bond acceptors (Lipinski definition) is 3. The Labute approximate surface area is 127 Å². The van der Waals surface area contributed by atoms with Crippen molar-refractivity contribution < 1.29 is 4.79 Å². The molecule has 0 saturated carbocycles. The van der Waals surface area contributed by atoms with Gasteiger partial charge in [0.1, 0.15) is 5.69 Å². The molecule has 2 saturated heterocycles. The van der Waals surface area contributed by atoms with Crippen LogP contribution in [0.15, 0.2) is 24.7 Å². The average molecular weight is 305 g/mol. The molecule has 2 aliphatic rings. The van der Waals surface area contributed by atoms with E-state index in [-0.39, 0.29) is 11.9 Å². The van der Waals surface area contributed by atoms with Crippen LogP contribution in [-0.2, 0) is 0 Å². The lowest BCUT2D eigenvalue weighted by Crippen LogP contribution is -2.47. The largest absolute Gasteiger partial charge is 0.347 e. The van der Waals surface area contributed by atoms with E-state index < -0.39 is 0 Å². The van der Waals surface area contributed by atoms with Gasteiger partial charge in [0, 0.05) is 31.5 Å². The third kappa shape index (κ3) is 2.51. The number of fused-ring (bicyclic) bond motifs is 3. The van der Waals surface area contributed by atoms with Gasteiger partial charge in [0.2, 0.25) is 0 Å². The molecule has 2 fully saturated rings. The first-order valence-corrected chi connectivity index (χ1v) is 7.71. The Bertz CT molecular complexity index is 686. The number of hydrogen-bond donors (Lipinski definition) is 1. The van der Waals surface area contributed by atoms with E-state index in [2.05, 4.69) is 15.2 Å². The Morgan fingerprint density at radius 1 is 1.38 bits per heavy atom. The number of aromatic nitrogens is 2. The molecule has 1 amide bonds. The Hall–Kier alpha value is -1.59. The van der Waals surface area contributed by atoms with E-state index in [1.54, 1.807) is 18.6 Å². The van der Waals surface area contributed by atoms with Gasteiger partial charge in [-0.05, 0) is 31.4 Å². The van der Waals surface area contributed by atoms with Crippen LogP contribution in [0.4, 0.5) is 0 Å². The zero-order valence-electron chi connectivity index (χ0n) is 11.6. The van der Waals surface area contributed by atoms with E-state index in [1.807, 2.05) is 10.5 Å². The van der Waals surface area contributed by atoms with Crippen LogP contribution in [0.5, 0.6) is 0 Å². The van der Waals surface area contributed by atoms with E-state index in [4.69, 9.17) is 11.6 Å². The maximum absolute atomic E-state index is 12.4. The quantitative estimate of drug-likeness (QED) is 0.920. The molecule has 21 heavy (non-hydrogen) atoms. The molecule has 6 heteroatoms. The number of rotatable bonds is 2. The maximum Gasteiger partial charge on any atom is 0.271 e. The van der Waals surface area contributed by atoms with Crippen molar-refractivity contribution in [3.8, 4) is 0 Å². The predicted octanol–water partition coefficient (Wildman–Crippen LogP) is 1.81. The SMILES string of the molecule is O=C(N[C@@H]1C[C@H]2CCN(C2)C1)c1cn2cc(Cl)cc2cn1. The van der Waals surface area contributed by atoms with Crippen molar-refractivity contribution >= 4 is 23.0 Å². The topological polar surface area (TPSA) is 49.6 Å². The molecule has 2 aromatic heterocycles. The number of nitrogens with zero attached hydrogens (tertiary/aromatic N) is 3. The summed E-state index contributed by atoms with van der Waals surface area (Å²) in [6, 6.07) is 2.06. The smallest absolute Gasteiger partial charge is 0.271 e. The van der Waals surface area contributed by atoms with Gasteiger partial charge in [0.25, 0.3) is 5.91 Å². The molecule has 4 rings (SSSR count). The highest BCUT2D eigenvalue weighted by molar-refractivity contribution is 6.31. The summed E-state index contributed by atoms with van der Waals surface area (Å²) in [6.07, 6.45) is 7.53. The molecule has 2 bridgehead atoms. The van der Waals surface area contributed by atoms with Gasteiger partial charge in [-0.15, -0.1) is 0 Å². The van der Waals surface area contributed by atoms with Crippen molar-refractivity contribution in [1.82, 2.24) is 19.6 Å². The van der Waals surface area contributed by atoms with Crippen LogP contribution in [0, 0.1) is 5.92 Å². The molecule has 110 valence electrons. The highest BCUT2D eigenvalue weighted by atomic mass is 35.5. The normalized spacial score (nSPS) is 28.0. The van der Waals surface area contributed by atoms with Crippen molar-refractivity contribution in [2.45, 2.75) is 18.9 Å². The van der Waals surface area contributed by atoms with E-state index in [9.17, 15) is 4.79 Å². The number of carbonyl (C=O) groups excluding carboxylic acids is 1. The van der Waals surface area contributed by atoms with E-state index >= 15 is 0 Å². The Balaban J connectivity index is 1.50. The summed E-state index contributed by atoms with van der Waals surface area (Å²) in [7, 11) is 0. The van der Waals surface area contributed by atoms with Crippen LogP contribution in [-0.4, -0.2) is 45.9 Å². The van der Waals surface area contributed by atoms with Gasteiger partial charge in [0.05, 0.1) is 16.7 Å². The van der Waals surface area contributed by atoms with Gasteiger partial charge in [-0.1, -0.05) is 11.6 Å². The molecule has 0 radical (unpaired) electrons. The van der Waals surface area contributed by atoms with Gasteiger partial charge < -0.3 is 14.6 Å². The van der Waals surface area contributed by atoms with Gasteiger partial charge in [-0.2, -0.15) is 0 Å². The van der Waals surface area contributed by atoms with Gasteiger partial charge in [-0.3, -0.25) is 4.79 Å². The first-order chi connectivity index (χ1) is 10.2.